The summed E-state index contributed by atoms with van der Waals surface area (Å²) < 4.78 is 12.9. The van der Waals surface area contributed by atoms with E-state index in [-0.39, 0.29) is 30.9 Å². The quantitative estimate of drug-likeness (QED) is 0.295. The number of nitrogens with one attached hydrogen (secondary N) is 2. The van der Waals surface area contributed by atoms with Crippen LogP contribution in [0.1, 0.15) is 61.0 Å². The Labute approximate surface area is 230 Å². The van der Waals surface area contributed by atoms with Crippen molar-refractivity contribution < 1.29 is 24.5 Å². The van der Waals surface area contributed by atoms with Gasteiger partial charge in [-0.1, -0.05) is 66.7 Å². The monoisotopic (exact) mass is 533 g/mol. The Morgan fingerprint density at radius 1 is 1.03 bits per heavy atom. The second-order valence-electron chi connectivity index (χ2n) is 10.00. The number of rotatable bonds is 10. The van der Waals surface area contributed by atoms with Crippen molar-refractivity contribution in [3.63, 3.8) is 0 Å². The molecule has 0 unspecified atom stereocenters. The van der Waals surface area contributed by atoms with Crippen LogP contribution >= 0.6 is 0 Å². The number of ether oxygens (including phenoxy) is 2. The van der Waals surface area contributed by atoms with Crippen LogP contribution in [0.3, 0.4) is 0 Å². The lowest BCUT2D eigenvalue weighted by Crippen LogP contribution is -2.43. The summed E-state index contributed by atoms with van der Waals surface area (Å²) in [7, 11) is 1.99. The molecule has 0 aromatic heterocycles. The Kier molecular flexibility index (Phi) is 10.1. The van der Waals surface area contributed by atoms with Crippen LogP contribution in [-0.2, 0) is 16.1 Å². The standard InChI is InChI=1S/C31H39N3O5/c1-4-32-31(37)33-26-12-8-11-25(17-26)30-38-27(18-28(39-30)23-15-13-22(20-35)14-16-23)19-34(3)21(2)29(36)24-9-6-5-7-10-24/h5-17,21,27-30,35-36H,4,18-20H2,1-3H3,(H2,32,33,37)/t21-,27+,28-,29-,30-/m1/s1. The molecule has 0 spiro atoms. The molecule has 1 aliphatic rings. The van der Waals surface area contributed by atoms with Gasteiger partial charge < -0.3 is 30.3 Å². The Balaban J connectivity index is 1.53. The molecular formula is C31H39N3O5. The Hall–Kier alpha value is -3.27. The summed E-state index contributed by atoms with van der Waals surface area (Å²) in [5, 5.41) is 26.0. The van der Waals surface area contributed by atoms with E-state index in [0.29, 0.717) is 25.2 Å². The van der Waals surface area contributed by atoms with Crippen LogP contribution in [0.4, 0.5) is 10.5 Å². The zero-order valence-electron chi connectivity index (χ0n) is 22.8. The molecule has 0 aliphatic carbocycles. The molecule has 2 amide bonds. The molecule has 5 atom stereocenters. The first kappa shape index (κ1) is 28.7. The van der Waals surface area contributed by atoms with E-state index in [1.807, 2.05) is 99.8 Å². The third-order valence-corrected chi connectivity index (χ3v) is 7.15. The number of benzene rings is 3. The number of anilines is 1. The van der Waals surface area contributed by atoms with Crippen molar-refractivity contribution in [2.75, 3.05) is 25.5 Å². The number of hydrogen-bond donors (Lipinski definition) is 4. The summed E-state index contributed by atoms with van der Waals surface area (Å²) in [6, 6.07) is 24.5. The van der Waals surface area contributed by atoms with E-state index >= 15 is 0 Å². The lowest BCUT2D eigenvalue weighted by molar-refractivity contribution is -0.253. The average molecular weight is 534 g/mol. The molecule has 39 heavy (non-hydrogen) atoms. The smallest absolute Gasteiger partial charge is 0.319 e. The maximum Gasteiger partial charge on any atom is 0.319 e. The molecule has 1 aliphatic heterocycles. The molecule has 8 heteroatoms. The van der Waals surface area contributed by atoms with E-state index in [1.54, 1.807) is 0 Å². The van der Waals surface area contributed by atoms with Crippen LogP contribution in [0.2, 0.25) is 0 Å². The highest BCUT2D eigenvalue weighted by Crippen LogP contribution is 2.39. The number of urea groups is 1. The Morgan fingerprint density at radius 3 is 2.46 bits per heavy atom. The van der Waals surface area contributed by atoms with Crippen molar-refractivity contribution in [3.8, 4) is 0 Å². The summed E-state index contributed by atoms with van der Waals surface area (Å²) in [4.78, 5) is 14.2. The molecule has 1 saturated heterocycles. The van der Waals surface area contributed by atoms with Crippen LogP contribution in [0.25, 0.3) is 0 Å². The van der Waals surface area contributed by atoms with Crippen molar-refractivity contribution >= 4 is 11.7 Å². The van der Waals surface area contributed by atoms with Gasteiger partial charge in [-0.15, -0.1) is 0 Å². The van der Waals surface area contributed by atoms with Gasteiger partial charge in [0.1, 0.15) is 0 Å². The van der Waals surface area contributed by atoms with Gasteiger partial charge in [0, 0.05) is 36.8 Å². The third-order valence-electron chi connectivity index (χ3n) is 7.15. The number of aliphatic hydroxyl groups excluding tert-OH is 2. The van der Waals surface area contributed by atoms with Crippen LogP contribution in [0.15, 0.2) is 78.9 Å². The number of nitrogens with zero attached hydrogens (tertiary/aromatic N) is 1. The van der Waals surface area contributed by atoms with Crippen LogP contribution < -0.4 is 10.6 Å². The zero-order valence-corrected chi connectivity index (χ0v) is 22.8. The number of carbonyl (C=O) groups is 1. The summed E-state index contributed by atoms with van der Waals surface area (Å²) in [6.07, 6.45) is -1.06. The van der Waals surface area contributed by atoms with Crippen molar-refractivity contribution in [2.45, 2.75) is 57.5 Å². The van der Waals surface area contributed by atoms with Crippen LogP contribution in [0, 0.1) is 0 Å². The van der Waals surface area contributed by atoms with Crippen molar-refractivity contribution in [1.29, 1.82) is 0 Å². The molecule has 0 bridgehead atoms. The second kappa shape index (κ2) is 13.7. The predicted molar refractivity (Wildman–Crippen MR) is 151 cm³/mol. The second-order valence-corrected chi connectivity index (χ2v) is 10.00. The zero-order chi connectivity index (χ0) is 27.8. The SMILES string of the molecule is CCNC(=O)Nc1cccc([C@@H]2O[C@H](CN(C)[C@H](C)[C@@H](O)c3ccccc3)C[C@H](c3ccc(CO)cc3)O2)c1. The number of likely N-dealkylation sites (N-methyl/N-ethyl adjacent to an activating group) is 1. The van der Waals surface area contributed by atoms with E-state index in [0.717, 1.165) is 22.3 Å². The first-order valence-electron chi connectivity index (χ1n) is 13.5. The number of hydrogen-bond acceptors (Lipinski definition) is 6. The number of amides is 2. The molecule has 1 fully saturated rings. The van der Waals surface area contributed by atoms with Gasteiger partial charge in [-0.05, 0) is 49.7 Å². The molecule has 3 aromatic rings. The fraction of sp³-hybridized carbons (Fsp3) is 0.387. The third kappa shape index (κ3) is 7.65. The first-order chi connectivity index (χ1) is 18.9. The van der Waals surface area contributed by atoms with Gasteiger partial charge in [-0.2, -0.15) is 0 Å². The molecular weight excluding hydrogens is 494 g/mol. The van der Waals surface area contributed by atoms with Gasteiger partial charge in [-0.3, -0.25) is 4.90 Å². The minimum Gasteiger partial charge on any atom is -0.392 e. The average Bonchev–Trinajstić information content (AvgIpc) is 2.97. The van der Waals surface area contributed by atoms with Gasteiger partial charge in [0.25, 0.3) is 0 Å². The van der Waals surface area contributed by atoms with Crippen molar-refractivity contribution in [1.82, 2.24) is 10.2 Å². The lowest BCUT2D eigenvalue weighted by Gasteiger charge is -2.39. The molecule has 0 saturated carbocycles. The molecule has 4 N–H and O–H groups in total. The maximum absolute atomic E-state index is 12.1. The van der Waals surface area contributed by atoms with Crippen molar-refractivity contribution in [2.24, 2.45) is 0 Å². The highest BCUT2D eigenvalue weighted by atomic mass is 16.7. The van der Waals surface area contributed by atoms with Gasteiger partial charge in [0.05, 0.1) is 24.9 Å². The van der Waals surface area contributed by atoms with E-state index in [9.17, 15) is 15.0 Å². The Bertz CT molecular complexity index is 1190. The minimum absolute atomic E-state index is 0.0159. The predicted octanol–water partition coefficient (Wildman–Crippen LogP) is 4.92. The summed E-state index contributed by atoms with van der Waals surface area (Å²) in [5.41, 5.74) is 4.16. The summed E-state index contributed by atoms with van der Waals surface area (Å²) in [6.45, 7) is 4.98. The molecule has 3 aromatic carbocycles. The highest BCUT2D eigenvalue weighted by Gasteiger charge is 2.34. The van der Waals surface area contributed by atoms with Gasteiger partial charge in [-0.25, -0.2) is 4.79 Å². The molecule has 8 nitrogen and oxygen atoms in total. The molecule has 0 radical (unpaired) electrons. The van der Waals surface area contributed by atoms with E-state index in [2.05, 4.69) is 15.5 Å². The largest absolute Gasteiger partial charge is 0.392 e. The van der Waals surface area contributed by atoms with Gasteiger partial charge >= 0.3 is 6.03 Å². The number of carbonyl (C=O) groups excluding carboxylic acids is 1. The van der Waals surface area contributed by atoms with Crippen LogP contribution in [0.5, 0.6) is 0 Å². The van der Waals surface area contributed by atoms with E-state index < -0.39 is 12.4 Å². The number of aliphatic hydroxyl groups is 2. The summed E-state index contributed by atoms with van der Waals surface area (Å²) >= 11 is 0. The lowest BCUT2D eigenvalue weighted by atomic mass is 9.98. The van der Waals surface area contributed by atoms with Crippen LogP contribution in [-0.4, -0.2) is 53.4 Å². The van der Waals surface area contributed by atoms with E-state index in [4.69, 9.17) is 9.47 Å². The minimum atomic E-state index is -0.648. The molecule has 208 valence electrons. The fourth-order valence-corrected chi connectivity index (χ4v) is 4.79. The van der Waals surface area contributed by atoms with Gasteiger partial charge in [0.15, 0.2) is 6.29 Å². The molecule has 1 heterocycles. The van der Waals surface area contributed by atoms with Gasteiger partial charge in [0.2, 0.25) is 0 Å². The summed E-state index contributed by atoms with van der Waals surface area (Å²) in [5.74, 6) is 0. The maximum atomic E-state index is 12.1. The first-order valence-corrected chi connectivity index (χ1v) is 13.5. The fourth-order valence-electron chi connectivity index (χ4n) is 4.79. The highest BCUT2D eigenvalue weighted by molar-refractivity contribution is 5.89. The van der Waals surface area contributed by atoms with E-state index in [1.165, 1.54) is 0 Å². The Morgan fingerprint density at radius 2 is 1.77 bits per heavy atom. The molecule has 4 rings (SSSR count). The normalized spacial score (nSPS) is 20.8. The topological polar surface area (TPSA) is 103 Å². The van der Waals surface area contributed by atoms with Crippen molar-refractivity contribution in [3.05, 3.63) is 101 Å².